The van der Waals surface area contributed by atoms with Gasteiger partial charge in [0.1, 0.15) is 24.2 Å². The van der Waals surface area contributed by atoms with Gasteiger partial charge in [-0.25, -0.2) is 19.2 Å². The topological polar surface area (TPSA) is 274 Å². The highest BCUT2D eigenvalue weighted by Crippen LogP contribution is 2.26. The Bertz CT molecular complexity index is 3220. The molecule has 4 aromatic heterocycles. The fraction of sp³-hybridized carbons (Fsp3) is 0.500. The number of ether oxygens (including phenoxy) is 4. The fourth-order valence-electron chi connectivity index (χ4n) is 10.9. The molecule has 492 valence electrons. The number of likely N-dealkylation sites (N-methyl/N-ethyl adjacent to an activating group) is 4. The number of aromatic nitrogens is 8. The molecule has 0 saturated carbocycles. The molecule has 5 heterocycles. The number of carbonyl (C=O) groups is 8. The van der Waals surface area contributed by atoms with Gasteiger partial charge < -0.3 is 38.5 Å². The summed E-state index contributed by atoms with van der Waals surface area (Å²) in [4.78, 5) is 140. The molecule has 1 aliphatic heterocycles. The maximum Gasteiger partial charge on any atom is 0.329 e. The Morgan fingerprint density at radius 3 is 0.978 bits per heavy atom. The number of amides is 4. The van der Waals surface area contributed by atoms with Gasteiger partial charge in [0.15, 0.2) is 24.4 Å². The number of nitrogens with zero attached hydrogens (tertiary/aromatic N) is 12. The lowest BCUT2D eigenvalue weighted by atomic mass is 9.99. The number of carbonyl (C=O) groups excluding carboxylic acids is 8. The van der Waals surface area contributed by atoms with Gasteiger partial charge in [-0.1, -0.05) is 104 Å². The molecule has 0 unspecified atom stereocenters. The maximum absolute atomic E-state index is 15.2. The molecule has 24 nitrogen and oxygen atoms in total. The highest BCUT2D eigenvalue weighted by Gasteiger charge is 2.43. The van der Waals surface area contributed by atoms with Crippen LogP contribution in [-0.2, 0) is 83.2 Å². The molecule has 8 atom stereocenters. The van der Waals surface area contributed by atoms with Crippen LogP contribution in [0.1, 0.15) is 117 Å². The lowest BCUT2D eigenvalue weighted by Crippen LogP contribution is -2.55. The lowest BCUT2D eigenvalue weighted by Gasteiger charge is -2.35. The van der Waals surface area contributed by atoms with E-state index in [2.05, 4.69) is 30.1 Å². The number of hydrogen-bond donors (Lipinski definition) is 0. The van der Waals surface area contributed by atoms with Crippen molar-refractivity contribution in [1.82, 2.24) is 59.1 Å². The highest BCUT2D eigenvalue weighted by atomic mass is 16.6. The van der Waals surface area contributed by atoms with Gasteiger partial charge in [0.25, 0.3) is 23.6 Å². The molecular formula is C68H88N12O12. The number of benzene rings is 2. The van der Waals surface area contributed by atoms with Crippen LogP contribution < -0.4 is 0 Å². The van der Waals surface area contributed by atoms with E-state index < -0.39 is 96.1 Å². The second kappa shape index (κ2) is 32.2. The van der Waals surface area contributed by atoms with Crippen LogP contribution in [-0.4, -0.2) is 183 Å². The minimum atomic E-state index is -1.57. The number of hydrogen-bond acceptors (Lipinski definition) is 18. The second-order valence-electron chi connectivity index (χ2n) is 25.5. The monoisotopic (exact) mass is 1260 g/mol. The van der Waals surface area contributed by atoms with E-state index in [1.807, 2.05) is 92.0 Å². The van der Waals surface area contributed by atoms with E-state index in [1.165, 1.54) is 42.0 Å². The number of rotatable bonds is 18. The summed E-state index contributed by atoms with van der Waals surface area (Å²) in [5.41, 5.74) is 5.79. The zero-order chi connectivity index (χ0) is 67.1. The van der Waals surface area contributed by atoms with E-state index >= 15 is 9.59 Å². The van der Waals surface area contributed by atoms with Gasteiger partial charge in [0, 0.05) is 89.3 Å². The molecule has 24 heteroatoms. The highest BCUT2D eigenvalue weighted by molar-refractivity contribution is 5.94. The third-order valence-corrected chi connectivity index (χ3v) is 16.0. The molecular weight excluding hydrogens is 1180 g/mol. The summed E-state index contributed by atoms with van der Waals surface area (Å²) in [5, 5.41) is 8.98. The van der Waals surface area contributed by atoms with Crippen molar-refractivity contribution in [2.75, 3.05) is 28.2 Å². The van der Waals surface area contributed by atoms with E-state index in [0.29, 0.717) is 35.6 Å². The average molecular weight is 1270 g/mol. The summed E-state index contributed by atoms with van der Waals surface area (Å²) in [6.07, 6.45) is 10.5. The molecule has 1 fully saturated rings. The number of cyclic esters (lactones) is 4. The van der Waals surface area contributed by atoms with Crippen molar-refractivity contribution in [3.8, 4) is 22.5 Å². The Kier molecular flexibility index (Phi) is 24.6. The van der Waals surface area contributed by atoms with Crippen LogP contribution in [0.3, 0.4) is 0 Å². The third kappa shape index (κ3) is 18.9. The van der Waals surface area contributed by atoms with Gasteiger partial charge in [0.2, 0.25) is 0 Å². The summed E-state index contributed by atoms with van der Waals surface area (Å²) < 4.78 is 27.9. The zero-order valence-corrected chi connectivity index (χ0v) is 55.2. The van der Waals surface area contributed by atoms with E-state index in [0.717, 1.165) is 41.9 Å². The van der Waals surface area contributed by atoms with Crippen LogP contribution in [0.15, 0.2) is 110 Å². The van der Waals surface area contributed by atoms with Gasteiger partial charge in [-0.05, 0) is 85.5 Å². The van der Waals surface area contributed by atoms with Gasteiger partial charge in [-0.3, -0.25) is 48.5 Å². The minimum absolute atomic E-state index is 0.0614. The van der Waals surface area contributed by atoms with Crippen molar-refractivity contribution in [1.29, 1.82) is 0 Å². The second-order valence-corrected chi connectivity index (χ2v) is 25.5. The molecule has 0 N–H and O–H groups in total. The molecule has 0 radical (unpaired) electrons. The average Bonchev–Trinajstić information content (AvgIpc) is 1.18. The van der Waals surface area contributed by atoms with E-state index in [4.69, 9.17) is 18.9 Å². The molecule has 2 aromatic carbocycles. The smallest absolute Gasteiger partial charge is 0.329 e. The normalized spacial score (nSPS) is 21.7. The zero-order valence-electron chi connectivity index (χ0n) is 55.2. The van der Waals surface area contributed by atoms with Crippen LogP contribution >= 0.6 is 0 Å². The lowest BCUT2D eigenvalue weighted by molar-refractivity contribution is -0.176. The Balaban J connectivity index is 1.22. The van der Waals surface area contributed by atoms with Crippen LogP contribution in [0, 0.1) is 23.7 Å². The van der Waals surface area contributed by atoms with E-state index in [9.17, 15) is 28.8 Å². The quantitative estimate of drug-likeness (QED) is 0.0614. The summed E-state index contributed by atoms with van der Waals surface area (Å²) in [7, 11) is 5.55. The van der Waals surface area contributed by atoms with E-state index in [-0.39, 0.29) is 62.2 Å². The van der Waals surface area contributed by atoms with Crippen molar-refractivity contribution >= 4 is 47.5 Å². The molecule has 4 amide bonds. The first-order chi connectivity index (χ1) is 43.7. The van der Waals surface area contributed by atoms with Crippen LogP contribution in [0.5, 0.6) is 0 Å². The van der Waals surface area contributed by atoms with Crippen molar-refractivity contribution in [3.05, 3.63) is 133 Å². The van der Waals surface area contributed by atoms with Gasteiger partial charge in [-0.2, -0.15) is 10.2 Å². The Morgan fingerprint density at radius 1 is 0.391 bits per heavy atom. The third-order valence-electron chi connectivity index (χ3n) is 16.0. The van der Waals surface area contributed by atoms with Crippen LogP contribution in [0.4, 0.5) is 0 Å². The first-order valence-electron chi connectivity index (χ1n) is 31.3. The van der Waals surface area contributed by atoms with Crippen molar-refractivity contribution in [3.63, 3.8) is 0 Å². The predicted molar refractivity (Wildman–Crippen MR) is 340 cm³/mol. The summed E-state index contributed by atoms with van der Waals surface area (Å²) in [6.45, 7) is 18.3. The summed E-state index contributed by atoms with van der Waals surface area (Å²) >= 11 is 0. The van der Waals surface area contributed by atoms with Crippen molar-refractivity contribution in [2.45, 2.75) is 169 Å². The molecule has 6 aromatic rings. The minimum Gasteiger partial charge on any atom is -0.451 e. The summed E-state index contributed by atoms with van der Waals surface area (Å²) in [6, 6.07) is 9.32. The Labute approximate surface area is 538 Å². The standard InChI is InChI=1S/C68H88N12O12/c1-41(2)27-55-65(85)89-45(9)61(81)75(11)58(30-44(7)8)68(88)92-60(32-48-17-21-50(22-18-48)38-80-40-52(34-74-80)54-36-70-24-26-72-54)64(84)78(14)56(28-42(3)4)66(86)90-46(10)62(82)76(12)57(29-43(5)6)67(87)91-59(63(83)77(55)13)31-47-15-19-49(20-16-47)37-79-39-51(33-73-79)53-35-69-23-25-71-53/h15-26,33-36,39-46,55-60H,27-32,37-38H2,1-14H3/t45-,46-,55+,56+,57+,58+,59-,60-/m1/s1. The van der Waals surface area contributed by atoms with Crippen molar-refractivity contribution in [2.24, 2.45) is 23.7 Å². The van der Waals surface area contributed by atoms with Crippen molar-refractivity contribution < 1.29 is 57.3 Å². The largest absolute Gasteiger partial charge is 0.451 e. The maximum atomic E-state index is 15.2. The molecule has 0 aliphatic carbocycles. The van der Waals surface area contributed by atoms with Gasteiger partial charge in [-0.15, -0.1) is 0 Å². The number of esters is 4. The van der Waals surface area contributed by atoms with E-state index in [1.54, 1.807) is 83.2 Å². The molecule has 0 bridgehead atoms. The first-order valence-corrected chi connectivity index (χ1v) is 31.3. The first kappa shape index (κ1) is 70.2. The van der Waals surface area contributed by atoms with Gasteiger partial charge in [0.05, 0.1) is 49.3 Å². The van der Waals surface area contributed by atoms with Crippen LogP contribution in [0.2, 0.25) is 0 Å². The molecule has 1 aliphatic rings. The predicted octanol–water partition coefficient (Wildman–Crippen LogP) is 7.07. The molecule has 7 rings (SSSR count). The van der Waals surface area contributed by atoms with Crippen LogP contribution in [0.25, 0.3) is 22.5 Å². The fourth-order valence-corrected chi connectivity index (χ4v) is 10.9. The Hall–Kier alpha value is -9.22. The molecule has 92 heavy (non-hydrogen) atoms. The SMILES string of the molecule is CC(C)C[C@H]1C(=O)O[C@H](Cc2ccc(Cn3cc(-c4cnccn4)cn3)cc2)C(=O)N(C)[C@@H](CC(C)C)C(=O)O[C@H](C)C(=O)N(C)[C@@H](CC(C)C)C(=O)O[C@H](Cc2ccc(Cn3cc(-c4cnccn4)cn3)cc2)C(=O)N(C)[C@@H](CC(C)C)C(=O)O[C@H](C)C(=O)N1C. The molecule has 1 saturated heterocycles. The summed E-state index contributed by atoms with van der Waals surface area (Å²) in [5.74, 6) is -7.67. The molecule has 0 spiro atoms. The van der Waals surface area contributed by atoms with Gasteiger partial charge >= 0.3 is 23.9 Å². The Morgan fingerprint density at radius 2 is 0.685 bits per heavy atom.